The third-order valence-electron chi connectivity index (χ3n) is 1.98. The molecule has 0 spiro atoms. The van der Waals surface area contributed by atoms with Crippen LogP contribution in [0.4, 0.5) is 0 Å². The van der Waals surface area contributed by atoms with E-state index in [0.29, 0.717) is 9.84 Å². The first-order valence-corrected chi connectivity index (χ1v) is 5.86. The van der Waals surface area contributed by atoms with Gasteiger partial charge in [-0.05, 0) is 6.92 Å². The Morgan fingerprint density at radius 2 is 1.93 bits per heavy atom. The van der Waals surface area contributed by atoms with Crippen molar-refractivity contribution in [1.82, 2.24) is 10.2 Å². The molecule has 0 fully saturated rings. The number of aromatic nitrogens is 2. The average molecular weight is 306 g/mol. The van der Waals surface area contributed by atoms with Crippen molar-refractivity contribution in [2.45, 2.75) is 30.6 Å². The molecular weight excluding hydrogens is 291 g/mol. The second-order valence-electron chi connectivity index (χ2n) is 3.49. The first-order chi connectivity index (χ1) is 6.56. The predicted octanol–water partition coefficient (Wildman–Crippen LogP) is 3.10. The minimum atomic E-state index is 0.344. The highest BCUT2D eigenvalue weighted by molar-refractivity contribution is 14.1. The number of rotatable bonds is 3. The first kappa shape index (κ1) is 11.7. The normalized spacial score (nSPS) is 13.0. The zero-order valence-corrected chi connectivity index (χ0v) is 11.1. The smallest absolute Gasteiger partial charge is 0.144 e. The zero-order valence-electron chi connectivity index (χ0n) is 8.91. The Bertz CT molecular complexity index is 313. The fraction of sp³-hybridized carbons (Fsp3) is 0.600. The van der Waals surface area contributed by atoms with E-state index in [4.69, 9.17) is 4.74 Å². The molecule has 1 rings (SSSR count). The molecule has 14 heavy (non-hydrogen) atoms. The van der Waals surface area contributed by atoms with Crippen molar-refractivity contribution in [3.63, 3.8) is 0 Å². The molecule has 1 heterocycles. The van der Waals surface area contributed by atoms with Crippen LogP contribution in [0.1, 0.15) is 42.0 Å². The van der Waals surface area contributed by atoms with Crippen molar-refractivity contribution in [3.8, 4) is 5.75 Å². The van der Waals surface area contributed by atoms with Gasteiger partial charge in [-0.25, -0.2) is 0 Å². The lowest BCUT2D eigenvalue weighted by Gasteiger charge is -2.11. The van der Waals surface area contributed by atoms with Gasteiger partial charge in [0.05, 0.1) is 16.7 Å². The van der Waals surface area contributed by atoms with Gasteiger partial charge in [-0.2, -0.15) is 10.2 Å². The molecule has 0 aliphatic carbocycles. The highest BCUT2D eigenvalue weighted by Crippen LogP contribution is 2.28. The van der Waals surface area contributed by atoms with Crippen LogP contribution in [-0.4, -0.2) is 17.3 Å². The average Bonchev–Trinajstić information content (AvgIpc) is 2.16. The molecule has 0 bridgehead atoms. The van der Waals surface area contributed by atoms with Crippen LogP contribution in [0, 0.1) is 0 Å². The zero-order chi connectivity index (χ0) is 10.7. The molecule has 78 valence electrons. The quantitative estimate of drug-likeness (QED) is 0.636. The number of hydrogen-bond acceptors (Lipinski definition) is 3. The van der Waals surface area contributed by atoms with Gasteiger partial charge in [0, 0.05) is 12.0 Å². The highest BCUT2D eigenvalue weighted by atomic mass is 127. The van der Waals surface area contributed by atoms with Gasteiger partial charge < -0.3 is 4.74 Å². The lowest BCUT2D eigenvalue weighted by atomic mass is 10.1. The summed E-state index contributed by atoms with van der Waals surface area (Å²) < 4.78 is 5.65. The van der Waals surface area contributed by atoms with Crippen molar-refractivity contribution in [2.75, 3.05) is 7.11 Å². The Labute approximate surface area is 98.4 Å². The van der Waals surface area contributed by atoms with Gasteiger partial charge >= 0.3 is 0 Å². The third kappa shape index (κ3) is 2.56. The van der Waals surface area contributed by atoms with Crippen LogP contribution in [0.15, 0.2) is 6.07 Å². The Hall–Kier alpha value is -0.390. The fourth-order valence-corrected chi connectivity index (χ4v) is 1.46. The summed E-state index contributed by atoms with van der Waals surface area (Å²) in [7, 11) is 1.67. The van der Waals surface area contributed by atoms with E-state index in [1.807, 2.05) is 6.07 Å². The van der Waals surface area contributed by atoms with Crippen LogP contribution in [-0.2, 0) is 0 Å². The summed E-state index contributed by atoms with van der Waals surface area (Å²) in [4.78, 5) is 0. The summed E-state index contributed by atoms with van der Waals surface area (Å²) in [5.74, 6) is 1.18. The maximum Gasteiger partial charge on any atom is 0.144 e. The molecule has 0 aromatic carbocycles. The summed E-state index contributed by atoms with van der Waals surface area (Å²) in [5.41, 5.74) is 1.89. The number of halogens is 1. The molecule has 1 aromatic rings. The molecule has 0 saturated carbocycles. The Morgan fingerprint density at radius 1 is 1.29 bits per heavy atom. The van der Waals surface area contributed by atoms with E-state index in [2.05, 4.69) is 53.6 Å². The molecule has 0 N–H and O–H groups in total. The van der Waals surface area contributed by atoms with E-state index in [1.165, 1.54) is 0 Å². The molecule has 4 heteroatoms. The van der Waals surface area contributed by atoms with Crippen LogP contribution in [0.5, 0.6) is 5.75 Å². The summed E-state index contributed by atoms with van der Waals surface area (Å²) >= 11 is 2.31. The van der Waals surface area contributed by atoms with E-state index in [0.717, 1.165) is 17.1 Å². The fourth-order valence-electron chi connectivity index (χ4n) is 1.16. The molecule has 0 aliphatic rings. The van der Waals surface area contributed by atoms with Crippen molar-refractivity contribution in [1.29, 1.82) is 0 Å². The number of ether oxygens (including phenoxy) is 1. The molecule has 0 saturated heterocycles. The van der Waals surface area contributed by atoms with Crippen LogP contribution >= 0.6 is 22.6 Å². The number of alkyl halides is 1. The van der Waals surface area contributed by atoms with E-state index >= 15 is 0 Å². The lowest BCUT2D eigenvalue weighted by molar-refractivity contribution is 0.401. The molecular formula is C10H15IN2O. The molecule has 1 atom stereocenters. The van der Waals surface area contributed by atoms with E-state index in [9.17, 15) is 0 Å². The predicted molar refractivity (Wildman–Crippen MR) is 65.1 cm³/mol. The van der Waals surface area contributed by atoms with Crippen LogP contribution in [0.3, 0.4) is 0 Å². The number of hydrogen-bond donors (Lipinski definition) is 0. The summed E-state index contributed by atoms with van der Waals surface area (Å²) in [6.07, 6.45) is 0. The van der Waals surface area contributed by atoms with Gasteiger partial charge in [-0.15, -0.1) is 0 Å². The third-order valence-corrected chi connectivity index (χ3v) is 2.62. The van der Waals surface area contributed by atoms with Gasteiger partial charge in [0.1, 0.15) is 11.4 Å². The topological polar surface area (TPSA) is 35.0 Å². The van der Waals surface area contributed by atoms with Crippen LogP contribution in [0.25, 0.3) is 0 Å². The molecule has 1 unspecified atom stereocenters. The van der Waals surface area contributed by atoms with E-state index in [-0.39, 0.29) is 0 Å². The minimum Gasteiger partial charge on any atom is -0.495 e. The van der Waals surface area contributed by atoms with Crippen molar-refractivity contribution in [2.24, 2.45) is 0 Å². The second kappa shape index (κ2) is 4.91. The van der Waals surface area contributed by atoms with Crippen LogP contribution < -0.4 is 4.74 Å². The SMILES string of the molecule is COc1cc(C(C)I)nnc1C(C)C. The maximum absolute atomic E-state index is 5.29. The minimum absolute atomic E-state index is 0.344. The van der Waals surface area contributed by atoms with Crippen molar-refractivity contribution in [3.05, 3.63) is 17.5 Å². The van der Waals surface area contributed by atoms with Crippen molar-refractivity contribution >= 4 is 22.6 Å². The van der Waals surface area contributed by atoms with Crippen LogP contribution in [0.2, 0.25) is 0 Å². The summed E-state index contributed by atoms with van der Waals surface area (Å²) in [5, 5.41) is 8.36. The van der Waals surface area contributed by atoms with Crippen molar-refractivity contribution < 1.29 is 4.74 Å². The Balaban J connectivity index is 3.11. The van der Waals surface area contributed by atoms with E-state index in [1.54, 1.807) is 7.11 Å². The Kier molecular flexibility index (Phi) is 4.10. The number of nitrogens with zero attached hydrogens (tertiary/aromatic N) is 2. The van der Waals surface area contributed by atoms with Gasteiger partial charge in [-0.1, -0.05) is 36.4 Å². The lowest BCUT2D eigenvalue weighted by Crippen LogP contribution is -2.03. The monoisotopic (exact) mass is 306 g/mol. The molecule has 0 aliphatic heterocycles. The summed E-state index contributed by atoms with van der Waals surface area (Å²) in [6.45, 7) is 6.25. The standard InChI is InChI=1S/C10H15IN2O/c1-6(2)10-9(14-4)5-8(7(3)11)12-13-10/h5-7H,1-4H3. The summed E-state index contributed by atoms with van der Waals surface area (Å²) in [6, 6.07) is 1.97. The largest absolute Gasteiger partial charge is 0.495 e. The van der Waals surface area contributed by atoms with Gasteiger partial charge in [-0.3, -0.25) is 0 Å². The van der Waals surface area contributed by atoms with E-state index < -0.39 is 0 Å². The molecule has 0 amide bonds. The first-order valence-electron chi connectivity index (χ1n) is 4.61. The molecule has 3 nitrogen and oxygen atoms in total. The molecule has 1 aromatic heterocycles. The maximum atomic E-state index is 5.29. The molecule has 0 radical (unpaired) electrons. The number of methoxy groups -OCH3 is 1. The Morgan fingerprint density at radius 3 is 2.36 bits per heavy atom. The van der Waals surface area contributed by atoms with Gasteiger partial charge in [0.2, 0.25) is 0 Å². The van der Waals surface area contributed by atoms with Gasteiger partial charge in [0.15, 0.2) is 0 Å². The highest BCUT2D eigenvalue weighted by Gasteiger charge is 2.12. The second-order valence-corrected chi connectivity index (χ2v) is 5.36. The van der Waals surface area contributed by atoms with Gasteiger partial charge in [0.25, 0.3) is 0 Å².